The monoisotopic (exact) mass is 341 g/mol. The highest BCUT2D eigenvalue weighted by Gasteiger charge is 2.27. The number of rotatable bonds is 6. The molecule has 0 fully saturated rings. The van der Waals surface area contributed by atoms with Crippen LogP contribution in [-0.4, -0.2) is 27.3 Å². The molecule has 0 aliphatic rings. The lowest BCUT2D eigenvalue weighted by Gasteiger charge is -2.19. The molecule has 132 valence electrons. The maximum absolute atomic E-state index is 12.5. The van der Waals surface area contributed by atoms with Crippen LogP contribution >= 0.6 is 0 Å². The second-order valence-corrected chi connectivity index (χ2v) is 6.23. The fourth-order valence-corrected chi connectivity index (χ4v) is 2.94. The Balaban J connectivity index is 2.19. The molecule has 1 atom stereocenters. The van der Waals surface area contributed by atoms with E-state index < -0.39 is 6.04 Å². The number of ether oxygens (including phenoxy) is 1. The molecular weight excluding hydrogens is 318 g/mol. The Morgan fingerprint density at radius 3 is 2.64 bits per heavy atom. The minimum absolute atomic E-state index is 0.145. The summed E-state index contributed by atoms with van der Waals surface area (Å²) in [6.07, 6.45) is 0.607. The van der Waals surface area contributed by atoms with Gasteiger partial charge in [0.2, 0.25) is 5.89 Å². The summed E-state index contributed by atoms with van der Waals surface area (Å²) >= 11 is 0. The van der Waals surface area contributed by atoms with Crippen LogP contribution in [0, 0.1) is 0 Å². The molecule has 0 saturated carbocycles. The Morgan fingerprint density at radius 2 is 2.00 bits per heavy atom. The fraction of sp³-hybridized carbons (Fsp3) is 0.421. The van der Waals surface area contributed by atoms with Crippen LogP contribution in [0.1, 0.15) is 52.0 Å². The second kappa shape index (κ2) is 7.09. The van der Waals surface area contributed by atoms with Gasteiger partial charge in [-0.15, -0.1) is 10.2 Å². The van der Waals surface area contributed by atoms with Gasteiger partial charge in [-0.2, -0.15) is 0 Å². The maximum atomic E-state index is 12.5. The molecule has 25 heavy (non-hydrogen) atoms. The maximum Gasteiger partial charge on any atom is 0.329 e. The summed E-state index contributed by atoms with van der Waals surface area (Å²) in [6.45, 7) is 8.13. The first-order chi connectivity index (χ1) is 12.1. The topological polar surface area (TPSA) is 70.2 Å². The SMILES string of the molecule is CCOC(=O)C(CC)n1c(-c2nnc(C(C)C)o2)cc2ccccc21. The van der Waals surface area contributed by atoms with Gasteiger partial charge in [0.25, 0.3) is 5.89 Å². The molecule has 3 aromatic rings. The molecule has 0 amide bonds. The molecule has 0 saturated heterocycles. The minimum atomic E-state index is -0.441. The quantitative estimate of drug-likeness (QED) is 0.624. The summed E-state index contributed by atoms with van der Waals surface area (Å²) in [5.74, 6) is 0.890. The predicted molar refractivity (Wildman–Crippen MR) is 95.3 cm³/mol. The molecule has 0 radical (unpaired) electrons. The van der Waals surface area contributed by atoms with Crippen molar-refractivity contribution in [2.45, 2.75) is 46.1 Å². The predicted octanol–water partition coefficient (Wildman–Crippen LogP) is 4.33. The summed E-state index contributed by atoms with van der Waals surface area (Å²) in [6, 6.07) is 9.45. The van der Waals surface area contributed by atoms with Crippen LogP contribution in [-0.2, 0) is 9.53 Å². The fourth-order valence-electron chi connectivity index (χ4n) is 2.94. The summed E-state index contributed by atoms with van der Waals surface area (Å²) in [5.41, 5.74) is 1.68. The van der Waals surface area contributed by atoms with Crippen LogP contribution in [0.4, 0.5) is 0 Å². The number of benzene rings is 1. The van der Waals surface area contributed by atoms with Gasteiger partial charge in [0.05, 0.1) is 6.61 Å². The molecule has 2 heterocycles. The molecule has 6 nitrogen and oxygen atoms in total. The summed E-state index contributed by atoms with van der Waals surface area (Å²) in [7, 11) is 0. The number of nitrogens with zero attached hydrogens (tertiary/aromatic N) is 3. The van der Waals surface area contributed by atoms with Crippen molar-refractivity contribution in [2.75, 3.05) is 6.61 Å². The lowest BCUT2D eigenvalue weighted by atomic mass is 10.2. The van der Waals surface area contributed by atoms with Crippen molar-refractivity contribution in [3.63, 3.8) is 0 Å². The van der Waals surface area contributed by atoms with Crippen molar-refractivity contribution in [3.8, 4) is 11.6 Å². The van der Waals surface area contributed by atoms with Crippen molar-refractivity contribution < 1.29 is 13.9 Å². The molecule has 3 rings (SSSR count). The third kappa shape index (κ3) is 3.16. The normalized spacial score (nSPS) is 12.7. The lowest BCUT2D eigenvalue weighted by molar-refractivity contribution is -0.147. The molecule has 0 aliphatic carbocycles. The van der Waals surface area contributed by atoms with Gasteiger partial charge in [0.1, 0.15) is 11.7 Å². The molecule has 1 unspecified atom stereocenters. The van der Waals surface area contributed by atoms with E-state index in [1.54, 1.807) is 0 Å². The lowest BCUT2D eigenvalue weighted by Crippen LogP contribution is -2.22. The van der Waals surface area contributed by atoms with E-state index in [1.165, 1.54) is 0 Å². The first-order valence-electron chi connectivity index (χ1n) is 8.67. The van der Waals surface area contributed by atoms with Crippen LogP contribution < -0.4 is 0 Å². The smallest absolute Gasteiger partial charge is 0.329 e. The van der Waals surface area contributed by atoms with E-state index in [0.717, 1.165) is 16.6 Å². The third-order valence-electron chi connectivity index (χ3n) is 4.16. The molecular formula is C19H23N3O3. The number of carbonyl (C=O) groups excluding carboxylic acids is 1. The van der Waals surface area contributed by atoms with E-state index >= 15 is 0 Å². The average Bonchev–Trinajstić information content (AvgIpc) is 3.21. The Morgan fingerprint density at radius 1 is 1.24 bits per heavy atom. The first kappa shape index (κ1) is 17.2. The van der Waals surface area contributed by atoms with Crippen molar-refractivity contribution in [1.82, 2.24) is 14.8 Å². The number of hydrogen-bond acceptors (Lipinski definition) is 5. The van der Waals surface area contributed by atoms with Gasteiger partial charge in [-0.1, -0.05) is 39.0 Å². The standard InChI is InChI=1S/C19H23N3O3/c1-5-14(19(23)24-6-2)22-15-10-8-7-9-13(15)11-16(22)18-21-20-17(25-18)12(3)4/h7-12,14H,5-6H2,1-4H3. The first-order valence-corrected chi connectivity index (χ1v) is 8.67. The molecule has 1 aromatic carbocycles. The number of fused-ring (bicyclic) bond motifs is 1. The largest absolute Gasteiger partial charge is 0.464 e. The van der Waals surface area contributed by atoms with Crippen LogP contribution in [0.15, 0.2) is 34.7 Å². The zero-order valence-corrected chi connectivity index (χ0v) is 15.0. The van der Waals surface area contributed by atoms with Gasteiger partial charge in [0.15, 0.2) is 0 Å². The average molecular weight is 341 g/mol. The number of para-hydroxylation sites is 1. The number of carbonyl (C=O) groups is 1. The minimum Gasteiger partial charge on any atom is -0.464 e. The Bertz CT molecular complexity index is 879. The van der Waals surface area contributed by atoms with E-state index in [9.17, 15) is 4.79 Å². The zero-order chi connectivity index (χ0) is 18.0. The Kier molecular flexibility index (Phi) is 4.88. The van der Waals surface area contributed by atoms with Crippen molar-refractivity contribution in [1.29, 1.82) is 0 Å². The van der Waals surface area contributed by atoms with Crippen molar-refractivity contribution >= 4 is 16.9 Å². The van der Waals surface area contributed by atoms with Gasteiger partial charge in [-0.05, 0) is 25.5 Å². The Labute approximate surface area is 146 Å². The number of hydrogen-bond donors (Lipinski definition) is 0. The van der Waals surface area contributed by atoms with Crippen molar-refractivity contribution in [3.05, 3.63) is 36.2 Å². The van der Waals surface area contributed by atoms with E-state index in [2.05, 4.69) is 10.2 Å². The third-order valence-corrected chi connectivity index (χ3v) is 4.16. The van der Waals surface area contributed by atoms with Gasteiger partial charge in [0, 0.05) is 16.8 Å². The van der Waals surface area contributed by atoms with Crippen LogP contribution in [0.25, 0.3) is 22.5 Å². The van der Waals surface area contributed by atoms with E-state index in [4.69, 9.17) is 9.15 Å². The Hall–Kier alpha value is -2.63. The summed E-state index contributed by atoms with van der Waals surface area (Å²) < 4.78 is 13.1. The van der Waals surface area contributed by atoms with Crippen LogP contribution in [0.2, 0.25) is 0 Å². The highest BCUT2D eigenvalue weighted by Crippen LogP contribution is 2.33. The second-order valence-electron chi connectivity index (χ2n) is 6.23. The van der Waals surface area contributed by atoms with E-state index in [-0.39, 0.29) is 11.9 Å². The van der Waals surface area contributed by atoms with Crippen LogP contribution in [0.5, 0.6) is 0 Å². The van der Waals surface area contributed by atoms with Crippen molar-refractivity contribution in [2.24, 2.45) is 0 Å². The molecule has 0 N–H and O–H groups in total. The zero-order valence-electron chi connectivity index (χ0n) is 15.0. The number of aromatic nitrogens is 3. The van der Waals surface area contributed by atoms with Gasteiger partial charge >= 0.3 is 5.97 Å². The van der Waals surface area contributed by atoms with Gasteiger partial charge in [-0.25, -0.2) is 4.79 Å². The molecule has 0 aliphatic heterocycles. The van der Waals surface area contributed by atoms with Gasteiger partial charge in [-0.3, -0.25) is 0 Å². The molecule has 6 heteroatoms. The van der Waals surface area contributed by atoms with E-state index in [0.29, 0.717) is 24.8 Å². The van der Waals surface area contributed by atoms with E-state index in [1.807, 2.05) is 62.6 Å². The molecule has 2 aromatic heterocycles. The molecule has 0 spiro atoms. The van der Waals surface area contributed by atoms with Gasteiger partial charge < -0.3 is 13.7 Å². The highest BCUT2D eigenvalue weighted by atomic mass is 16.5. The summed E-state index contributed by atoms with van der Waals surface area (Å²) in [5, 5.41) is 9.34. The molecule has 0 bridgehead atoms. The van der Waals surface area contributed by atoms with Crippen LogP contribution in [0.3, 0.4) is 0 Å². The highest BCUT2D eigenvalue weighted by molar-refractivity contribution is 5.88. The number of esters is 1. The summed E-state index contributed by atoms with van der Waals surface area (Å²) in [4.78, 5) is 12.5.